The highest BCUT2D eigenvalue weighted by atomic mass is 19.1. The molecule has 1 aromatic carbocycles. The summed E-state index contributed by atoms with van der Waals surface area (Å²) in [6, 6.07) is 7.20. The molecule has 3 heterocycles. The maximum Gasteiger partial charge on any atom is 0.338 e. The van der Waals surface area contributed by atoms with E-state index in [1.165, 1.54) is 11.2 Å². The third-order valence-electron chi connectivity index (χ3n) is 9.24. The Balaban J connectivity index is 1.51. The van der Waals surface area contributed by atoms with Crippen molar-refractivity contribution in [2.24, 2.45) is 5.92 Å². The standard InChI is InChI=1S/C39H51FN4O7/c1-6-34-27(5)11-16-35(45)41-18-9-10-26(4)20-32(50-38(47)29-14-12-28(13-15-29)23-43(7-2)8-3)21-31(40)22-36-42-33(25-49-36)37(46)44-19-17-30(24-44)39(48)51-34/h9-10,12-15,17,20,25,27,31-32,34H,6-8,11,16,18-19,21-24H2,1-5H3,(H,41,45)/b10-9+,26-20+/t27-,31?,32-,34-/m1/s1. The van der Waals surface area contributed by atoms with E-state index in [-0.39, 0.29) is 68.4 Å². The minimum absolute atomic E-state index is 0.00121. The van der Waals surface area contributed by atoms with Crippen LogP contribution in [0.5, 0.6) is 0 Å². The number of allylic oxidation sites excluding steroid dienone is 2. The fourth-order valence-corrected chi connectivity index (χ4v) is 6.07. The Morgan fingerprint density at radius 1 is 1.14 bits per heavy atom. The lowest BCUT2D eigenvalue weighted by Crippen LogP contribution is -2.32. The summed E-state index contributed by atoms with van der Waals surface area (Å²) in [5, 5.41) is 2.86. The molecular formula is C39H51FN4O7. The zero-order chi connectivity index (χ0) is 36.9. The van der Waals surface area contributed by atoms with Gasteiger partial charge in [0.05, 0.1) is 24.1 Å². The Labute approximate surface area is 299 Å². The second-order valence-electron chi connectivity index (χ2n) is 13.2. The Hall–Kier alpha value is -4.58. The topological polar surface area (TPSA) is 131 Å². The van der Waals surface area contributed by atoms with Crippen molar-refractivity contribution in [3.8, 4) is 0 Å². The predicted molar refractivity (Wildman–Crippen MR) is 190 cm³/mol. The van der Waals surface area contributed by atoms with Gasteiger partial charge in [-0.2, -0.15) is 0 Å². The Morgan fingerprint density at radius 3 is 2.59 bits per heavy atom. The van der Waals surface area contributed by atoms with E-state index in [1.807, 2.05) is 26.0 Å². The SMILES string of the molecule is CC[C@H]1OC(=O)C2=CCN(C2)C(=O)c2coc(n2)CC(F)C[C@H](OC(=O)c2ccc(CN(CC)CC)cc2)/C=C(C)/C=C/CNC(=O)CC[C@H]1C. The number of hydrogen-bond donors (Lipinski definition) is 1. The molecule has 0 aliphatic carbocycles. The maximum absolute atomic E-state index is 15.6. The summed E-state index contributed by atoms with van der Waals surface area (Å²) in [6.45, 7) is 13.0. The number of carbonyl (C=O) groups is 4. The number of alkyl halides is 1. The smallest absolute Gasteiger partial charge is 0.338 e. The van der Waals surface area contributed by atoms with Crippen LogP contribution in [0.25, 0.3) is 0 Å². The number of oxazole rings is 1. The summed E-state index contributed by atoms with van der Waals surface area (Å²) in [5.74, 6) is -1.71. The number of halogens is 1. The second-order valence-corrected chi connectivity index (χ2v) is 13.2. The summed E-state index contributed by atoms with van der Waals surface area (Å²) >= 11 is 0. The lowest BCUT2D eigenvalue weighted by Gasteiger charge is -2.23. The normalized spacial score (nSPS) is 24.5. The van der Waals surface area contributed by atoms with E-state index in [1.54, 1.807) is 43.4 Å². The molecule has 1 N–H and O–H groups in total. The number of nitrogens with zero attached hydrogens (tertiary/aromatic N) is 3. The third kappa shape index (κ3) is 11.7. The lowest BCUT2D eigenvalue weighted by atomic mass is 9.96. The van der Waals surface area contributed by atoms with E-state index in [4.69, 9.17) is 13.9 Å². The first-order valence-corrected chi connectivity index (χ1v) is 17.9. The fourth-order valence-electron chi connectivity index (χ4n) is 6.07. The molecule has 51 heavy (non-hydrogen) atoms. The van der Waals surface area contributed by atoms with Crippen LogP contribution >= 0.6 is 0 Å². The zero-order valence-electron chi connectivity index (χ0n) is 30.4. The molecular weight excluding hydrogens is 655 g/mol. The van der Waals surface area contributed by atoms with Gasteiger partial charge in [0.2, 0.25) is 5.91 Å². The van der Waals surface area contributed by atoms with Crippen molar-refractivity contribution in [2.75, 3.05) is 32.7 Å². The number of esters is 2. The van der Waals surface area contributed by atoms with Gasteiger partial charge in [-0.3, -0.25) is 14.5 Å². The number of benzene rings is 1. The number of amides is 2. The fraction of sp³-hybridized carbons (Fsp3) is 0.513. The van der Waals surface area contributed by atoms with Gasteiger partial charge in [0.1, 0.15) is 24.6 Å². The van der Waals surface area contributed by atoms with Crippen LogP contribution in [0.1, 0.15) is 92.6 Å². The van der Waals surface area contributed by atoms with Gasteiger partial charge in [-0.1, -0.05) is 63.6 Å². The number of rotatable bonds is 7. The summed E-state index contributed by atoms with van der Waals surface area (Å²) in [5.41, 5.74) is 2.49. The van der Waals surface area contributed by atoms with Crippen molar-refractivity contribution >= 4 is 23.8 Å². The molecule has 2 aliphatic rings. The molecule has 2 aliphatic heterocycles. The first-order valence-electron chi connectivity index (χ1n) is 17.9. The number of cyclic esters (lactones) is 1. The third-order valence-corrected chi connectivity index (χ3v) is 9.24. The number of carbonyl (C=O) groups excluding carboxylic acids is 4. The highest BCUT2D eigenvalue weighted by Gasteiger charge is 2.30. The number of ether oxygens (including phenoxy) is 2. The van der Waals surface area contributed by atoms with Gasteiger partial charge in [-0.15, -0.1) is 0 Å². The maximum atomic E-state index is 15.6. The lowest BCUT2D eigenvalue weighted by molar-refractivity contribution is -0.147. The molecule has 4 bridgehead atoms. The predicted octanol–water partition coefficient (Wildman–Crippen LogP) is 5.77. The van der Waals surface area contributed by atoms with E-state index in [9.17, 15) is 19.2 Å². The largest absolute Gasteiger partial charge is 0.459 e. The van der Waals surface area contributed by atoms with E-state index < -0.39 is 30.1 Å². The van der Waals surface area contributed by atoms with Crippen LogP contribution in [0.2, 0.25) is 0 Å². The molecule has 12 heteroatoms. The highest BCUT2D eigenvalue weighted by Crippen LogP contribution is 2.22. The van der Waals surface area contributed by atoms with E-state index >= 15 is 4.39 Å². The van der Waals surface area contributed by atoms with Gasteiger partial charge >= 0.3 is 11.9 Å². The average molecular weight is 707 g/mol. The van der Waals surface area contributed by atoms with Crippen molar-refractivity contribution < 1.29 is 37.5 Å². The first-order chi connectivity index (χ1) is 24.5. The van der Waals surface area contributed by atoms with Gasteiger partial charge in [0, 0.05) is 32.5 Å². The summed E-state index contributed by atoms with van der Waals surface area (Å²) in [7, 11) is 0. The minimum atomic E-state index is -1.53. The van der Waals surface area contributed by atoms with Crippen LogP contribution < -0.4 is 5.32 Å². The number of nitrogens with one attached hydrogen (secondary N) is 1. The van der Waals surface area contributed by atoms with Crippen LogP contribution in [0.4, 0.5) is 4.39 Å². The molecule has 4 rings (SSSR count). The Bertz CT molecular complexity index is 1590. The molecule has 0 saturated carbocycles. The molecule has 0 spiro atoms. The summed E-state index contributed by atoms with van der Waals surface area (Å²) in [6.07, 6.45) is 6.14. The van der Waals surface area contributed by atoms with Crippen molar-refractivity contribution in [3.05, 3.63) is 88.7 Å². The second kappa shape index (κ2) is 19.1. The van der Waals surface area contributed by atoms with Crippen LogP contribution in [0.15, 0.2) is 70.4 Å². The summed E-state index contributed by atoms with van der Waals surface area (Å²) < 4.78 is 32.7. The average Bonchev–Trinajstić information content (AvgIpc) is 3.80. The number of hydrogen-bond acceptors (Lipinski definition) is 9. The van der Waals surface area contributed by atoms with Gasteiger partial charge in [-0.25, -0.2) is 19.0 Å². The van der Waals surface area contributed by atoms with Crippen molar-refractivity contribution in [3.63, 3.8) is 0 Å². The minimum Gasteiger partial charge on any atom is -0.459 e. The van der Waals surface area contributed by atoms with Crippen molar-refractivity contribution in [1.29, 1.82) is 0 Å². The van der Waals surface area contributed by atoms with Crippen LogP contribution in [0, 0.1) is 5.92 Å². The first kappa shape index (κ1) is 39.2. The molecule has 0 saturated heterocycles. The molecule has 1 aromatic heterocycles. The van der Waals surface area contributed by atoms with Gasteiger partial charge in [-0.05, 0) is 62.5 Å². The van der Waals surface area contributed by atoms with Crippen LogP contribution in [-0.4, -0.2) is 89.6 Å². The molecule has 2 amide bonds. The zero-order valence-corrected chi connectivity index (χ0v) is 30.4. The molecule has 2 aromatic rings. The van der Waals surface area contributed by atoms with E-state index in [0.29, 0.717) is 29.6 Å². The molecule has 1 unspecified atom stereocenters. The quantitative estimate of drug-likeness (QED) is 0.357. The molecule has 276 valence electrons. The number of fused-ring (bicyclic) bond motifs is 4. The van der Waals surface area contributed by atoms with E-state index in [2.05, 4.69) is 29.0 Å². The van der Waals surface area contributed by atoms with Crippen molar-refractivity contribution in [2.45, 2.75) is 91.6 Å². The highest BCUT2D eigenvalue weighted by molar-refractivity contribution is 5.96. The van der Waals surface area contributed by atoms with Crippen LogP contribution in [0.3, 0.4) is 0 Å². The van der Waals surface area contributed by atoms with Crippen LogP contribution in [-0.2, 0) is 32.0 Å². The van der Waals surface area contributed by atoms with Gasteiger partial charge < -0.3 is 24.1 Å². The van der Waals surface area contributed by atoms with Crippen molar-refractivity contribution in [1.82, 2.24) is 20.1 Å². The van der Waals surface area contributed by atoms with E-state index in [0.717, 1.165) is 25.2 Å². The monoisotopic (exact) mass is 706 g/mol. The molecule has 4 atom stereocenters. The molecule has 0 radical (unpaired) electrons. The van der Waals surface area contributed by atoms with Gasteiger partial charge in [0.15, 0.2) is 11.6 Å². The number of aromatic nitrogens is 1. The molecule has 11 nitrogen and oxygen atoms in total. The molecule has 0 fully saturated rings. The van der Waals surface area contributed by atoms with Gasteiger partial charge in [0.25, 0.3) is 5.91 Å². The summed E-state index contributed by atoms with van der Waals surface area (Å²) in [4.78, 5) is 59.9. The Kier molecular flexibility index (Phi) is 14.7. The Morgan fingerprint density at radius 2 is 1.88 bits per heavy atom.